The second kappa shape index (κ2) is 9.87. The Balaban J connectivity index is 2.09. The number of nitrogens with zero attached hydrogens (tertiary/aromatic N) is 2. The summed E-state index contributed by atoms with van der Waals surface area (Å²) in [7, 11) is 0. The van der Waals surface area contributed by atoms with Crippen LogP contribution in [-0.2, 0) is 9.59 Å². The van der Waals surface area contributed by atoms with Gasteiger partial charge in [-0.05, 0) is 63.2 Å². The molecule has 2 aliphatic carbocycles. The van der Waals surface area contributed by atoms with E-state index in [1.807, 2.05) is 48.6 Å². The van der Waals surface area contributed by atoms with Gasteiger partial charge in [0.15, 0.2) is 0 Å². The predicted molar refractivity (Wildman–Crippen MR) is 161 cm³/mol. The number of ketones is 2. The molecule has 0 heterocycles. The van der Waals surface area contributed by atoms with Gasteiger partial charge in [0.05, 0.1) is 11.4 Å². The van der Waals surface area contributed by atoms with Crippen molar-refractivity contribution in [3.8, 4) is 0 Å². The van der Waals surface area contributed by atoms with Crippen LogP contribution in [-0.4, -0.2) is 23.0 Å². The van der Waals surface area contributed by atoms with Crippen LogP contribution in [0.5, 0.6) is 0 Å². The molecule has 0 aromatic heterocycles. The number of hydrogen-bond acceptors (Lipinski definition) is 4. The minimum atomic E-state index is -0.298. The summed E-state index contributed by atoms with van der Waals surface area (Å²) in [6, 6.07) is 7.43. The van der Waals surface area contributed by atoms with Crippen LogP contribution >= 0.6 is 0 Å². The minimum absolute atomic E-state index is 0.0533. The van der Waals surface area contributed by atoms with Gasteiger partial charge in [-0.2, -0.15) is 0 Å². The second-order valence-corrected chi connectivity index (χ2v) is 14.5. The number of carbonyl (C=O) groups excluding carboxylic acids is 2. The first kappa shape index (κ1) is 29.4. The minimum Gasteiger partial charge on any atom is -0.287 e. The maximum Gasteiger partial charge on any atom is 0.207 e. The summed E-state index contributed by atoms with van der Waals surface area (Å²) >= 11 is 0. The molecule has 1 aromatic rings. The molecule has 1 aromatic carbocycles. The quantitative estimate of drug-likeness (QED) is 0.371. The van der Waals surface area contributed by atoms with Crippen molar-refractivity contribution < 1.29 is 9.59 Å². The molecule has 202 valence electrons. The van der Waals surface area contributed by atoms with Crippen molar-refractivity contribution in [2.45, 2.75) is 83.1 Å². The lowest BCUT2D eigenvalue weighted by molar-refractivity contribution is -0.111. The molecular weight excluding hydrogens is 468 g/mol. The normalized spacial score (nSPS) is 19.9. The summed E-state index contributed by atoms with van der Waals surface area (Å²) < 4.78 is 0. The largest absolute Gasteiger partial charge is 0.287 e. The molecule has 3 rings (SSSR count). The van der Waals surface area contributed by atoms with E-state index >= 15 is 0 Å². The third-order valence-electron chi connectivity index (χ3n) is 6.82. The molecule has 2 aliphatic rings. The average Bonchev–Trinajstić information content (AvgIpc) is 2.73. The summed E-state index contributed by atoms with van der Waals surface area (Å²) in [5.74, 6) is -0.107. The SMILES string of the molecule is CC(C)(C)C1=CC(=Nc2cccc(N=C3C=C(C(C)(C)C)C=C(C(C)(C)C)C3=O)c2)C(=O)C(C(C)(C)C)=C1. The van der Waals surface area contributed by atoms with Gasteiger partial charge in [-0.1, -0.05) is 101 Å². The number of carbonyl (C=O) groups is 2. The zero-order valence-electron chi connectivity index (χ0n) is 25.3. The Morgan fingerprint density at radius 1 is 0.500 bits per heavy atom. The number of Topliss-reactive ketones (excluding diaryl/α,β-unsaturated/α-hetero) is 2. The van der Waals surface area contributed by atoms with Crippen LogP contribution in [0.2, 0.25) is 0 Å². The van der Waals surface area contributed by atoms with Crippen molar-refractivity contribution in [1.82, 2.24) is 0 Å². The Kier molecular flexibility index (Phi) is 7.64. The van der Waals surface area contributed by atoms with E-state index < -0.39 is 0 Å². The highest BCUT2D eigenvalue weighted by molar-refractivity contribution is 6.52. The summed E-state index contributed by atoms with van der Waals surface area (Å²) in [5, 5.41) is 0. The van der Waals surface area contributed by atoms with Gasteiger partial charge >= 0.3 is 0 Å². The van der Waals surface area contributed by atoms with Gasteiger partial charge in [-0.15, -0.1) is 0 Å². The van der Waals surface area contributed by atoms with Crippen molar-refractivity contribution in [3.63, 3.8) is 0 Å². The van der Waals surface area contributed by atoms with E-state index in [1.54, 1.807) is 0 Å². The van der Waals surface area contributed by atoms with E-state index in [2.05, 4.69) is 83.1 Å². The number of hydrogen-bond donors (Lipinski definition) is 0. The smallest absolute Gasteiger partial charge is 0.207 e. The average molecular weight is 513 g/mol. The van der Waals surface area contributed by atoms with Crippen LogP contribution in [0.15, 0.2) is 80.8 Å². The van der Waals surface area contributed by atoms with Crippen LogP contribution < -0.4 is 0 Å². The van der Waals surface area contributed by atoms with Gasteiger partial charge in [0.25, 0.3) is 0 Å². The topological polar surface area (TPSA) is 58.9 Å². The monoisotopic (exact) mass is 512 g/mol. The number of rotatable bonds is 2. The first-order valence-corrected chi connectivity index (χ1v) is 13.4. The van der Waals surface area contributed by atoms with Crippen LogP contribution in [0, 0.1) is 21.7 Å². The van der Waals surface area contributed by atoms with Gasteiger partial charge < -0.3 is 0 Å². The molecule has 38 heavy (non-hydrogen) atoms. The van der Waals surface area contributed by atoms with E-state index in [0.29, 0.717) is 22.8 Å². The lowest BCUT2D eigenvalue weighted by Crippen LogP contribution is -2.29. The van der Waals surface area contributed by atoms with Crippen molar-refractivity contribution in [2.75, 3.05) is 0 Å². The summed E-state index contributed by atoms with van der Waals surface area (Å²) in [6.45, 7) is 25.2. The molecule has 0 N–H and O–H groups in total. The molecule has 0 saturated heterocycles. The van der Waals surface area contributed by atoms with Crippen LogP contribution in [0.1, 0.15) is 83.1 Å². The Bertz CT molecular complexity index is 1250. The third-order valence-corrected chi connectivity index (χ3v) is 6.82. The first-order chi connectivity index (χ1) is 17.2. The number of allylic oxidation sites excluding steroid dienone is 8. The number of aliphatic imine (C=N–C) groups is 2. The van der Waals surface area contributed by atoms with Gasteiger partial charge in [-0.25, -0.2) is 9.98 Å². The van der Waals surface area contributed by atoms with Gasteiger partial charge in [-0.3, -0.25) is 9.59 Å². The first-order valence-electron chi connectivity index (χ1n) is 13.4. The van der Waals surface area contributed by atoms with Gasteiger partial charge in [0.1, 0.15) is 11.4 Å². The van der Waals surface area contributed by atoms with Crippen molar-refractivity contribution in [3.05, 3.63) is 70.9 Å². The molecule has 0 unspecified atom stereocenters. The fourth-order valence-electron chi connectivity index (χ4n) is 4.28. The number of benzene rings is 1. The van der Waals surface area contributed by atoms with E-state index in [1.165, 1.54) is 0 Å². The van der Waals surface area contributed by atoms with Crippen LogP contribution in [0.3, 0.4) is 0 Å². The van der Waals surface area contributed by atoms with E-state index in [-0.39, 0.29) is 33.2 Å². The molecule has 0 bridgehead atoms. The summed E-state index contributed by atoms with van der Waals surface area (Å²) in [4.78, 5) is 36.4. The highest BCUT2D eigenvalue weighted by Gasteiger charge is 2.33. The maximum absolute atomic E-state index is 13.4. The van der Waals surface area contributed by atoms with Crippen molar-refractivity contribution >= 4 is 34.4 Å². The highest BCUT2D eigenvalue weighted by atomic mass is 16.1. The maximum atomic E-state index is 13.4. The standard InChI is InChI=1S/C34H44N2O2/c1-31(2,3)21-16-25(33(7,8)9)29(37)27(18-21)35-23-14-13-15-24(20-23)36-28-19-22(32(4,5)6)17-26(30(28)38)34(10,11)12/h13-20H,1-12H3. The second-order valence-electron chi connectivity index (χ2n) is 14.5. The van der Waals surface area contributed by atoms with Gasteiger partial charge in [0.2, 0.25) is 11.6 Å². The van der Waals surface area contributed by atoms with E-state index in [0.717, 1.165) is 22.3 Å². The fraction of sp³-hybridized carbons (Fsp3) is 0.471. The zero-order chi connectivity index (χ0) is 28.8. The third kappa shape index (κ3) is 6.64. The summed E-state index contributed by atoms with van der Waals surface area (Å²) in [6.07, 6.45) is 7.86. The predicted octanol–water partition coefficient (Wildman–Crippen LogP) is 8.89. The Labute approximate surface area is 229 Å². The van der Waals surface area contributed by atoms with E-state index in [9.17, 15) is 9.59 Å². The molecule has 0 spiro atoms. The molecule has 0 radical (unpaired) electrons. The molecule has 4 heteroatoms. The van der Waals surface area contributed by atoms with Crippen LogP contribution in [0.25, 0.3) is 0 Å². The Hall–Kier alpha value is -3.14. The summed E-state index contributed by atoms with van der Waals surface area (Å²) in [5.41, 5.74) is 4.93. The molecule has 0 saturated carbocycles. The Morgan fingerprint density at radius 2 is 0.842 bits per heavy atom. The molecule has 0 aliphatic heterocycles. The highest BCUT2D eigenvalue weighted by Crippen LogP contribution is 2.38. The molecule has 0 atom stereocenters. The van der Waals surface area contributed by atoms with Crippen LogP contribution in [0.4, 0.5) is 11.4 Å². The molecule has 4 nitrogen and oxygen atoms in total. The molecular formula is C34H44N2O2. The Morgan fingerprint density at radius 3 is 1.13 bits per heavy atom. The van der Waals surface area contributed by atoms with Crippen molar-refractivity contribution in [1.29, 1.82) is 0 Å². The fourth-order valence-corrected chi connectivity index (χ4v) is 4.28. The van der Waals surface area contributed by atoms with Gasteiger partial charge in [0, 0.05) is 11.1 Å². The molecule has 0 amide bonds. The lowest BCUT2D eigenvalue weighted by Gasteiger charge is -2.30. The zero-order valence-corrected chi connectivity index (χ0v) is 25.3. The molecule has 0 fully saturated rings. The lowest BCUT2D eigenvalue weighted by atomic mass is 9.74. The van der Waals surface area contributed by atoms with E-state index in [4.69, 9.17) is 9.98 Å². The van der Waals surface area contributed by atoms with Crippen molar-refractivity contribution in [2.24, 2.45) is 31.6 Å².